The third-order valence-corrected chi connectivity index (χ3v) is 2.12. The number of hydrogen-bond donors (Lipinski definition) is 2. The highest BCUT2D eigenvalue weighted by molar-refractivity contribution is 6.32. The molecule has 0 aromatic carbocycles. The lowest BCUT2D eigenvalue weighted by molar-refractivity contribution is -0.121. The van der Waals surface area contributed by atoms with E-state index in [-0.39, 0.29) is 10.8 Å². The molecule has 0 unspecified atom stereocenters. The first kappa shape index (κ1) is 13.0. The van der Waals surface area contributed by atoms with Gasteiger partial charge in [0.25, 0.3) is 5.91 Å². The lowest BCUT2D eigenvalue weighted by Crippen LogP contribution is -2.43. The second-order valence-corrected chi connectivity index (χ2v) is 3.55. The second kappa shape index (κ2) is 5.35. The van der Waals surface area contributed by atoms with Crippen LogP contribution in [0.2, 0.25) is 5.22 Å². The van der Waals surface area contributed by atoms with Crippen molar-refractivity contribution in [3.05, 3.63) is 23.1 Å². The molecule has 17 heavy (non-hydrogen) atoms. The van der Waals surface area contributed by atoms with Gasteiger partial charge in [0.05, 0.1) is 11.8 Å². The lowest BCUT2D eigenvalue weighted by atomic mass is 10.3. The normalized spacial score (nSPS) is 9.94. The standard InChI is InChI=1S/C9H10ClN3O4/c10-8-5(1-2-17-8)9(16)13(3-6(11)14)4-7(12)15/h1-2H,3-4H2,(H2,11,14)(H2,12,15). The summed E-state index contributed by atoms with van der Waals surface area (Å²) in [7, 11) is 0. The van der Waals surface area contributed by atoms with E-state index in [9.17, 15) is 14.4 Å². The summed E-state index contributed by atoms with van der Waals surface area (Å²) in [6.07, 6.45) is 1.21. The summed E-state index contributed by atoms with van der Waals surface area (Å²) in [6.45, 7) is -0.855. The van der Waals surface area contributed by atoms with Gasteiger partial charge in [0, 0.05) is 0 Å². The van der Waals surface area contributed by atoms with Gasteiger partial charge in [-0.25, -0.2) is 0 Å². The van der Waals surface area contributed by atoms with E-state index in [1.165, 1.54) is 12.3 Å². The molecule has 4 N–H and O–H groups in total. The Morgan fingerprint density at radius 3 is 2.12 bits per heavy atom. The third kappa shape index (κ3) is 3.49. The SMILES string of the molecule is NC(=O)CN(CC(N)=O)C(=O)c1ccoc1Cl. The van der Waals surface area contributed by atoms with Gasteiger partial charge in [-0.2, -0.15) is 0 Å². The first-order chi connectivity index (χ1) is 7.91. The van der Waals surface area contributed by atoms with Crippen LogP contribution < -0.4 is 11.5 Å². The molecule has 0 aliphatic rings. The van der Waals surface area contributed by atoms with Gasteiger partial charge in [-0.3, -0.25) is 14.4 Å². The topological polar surface area (TPSA) is 120 Å². The Hall–Kier alpha value is -2.02. The fraction of sp³-hybridized carbons (Fsp3) is 0.222. The Labute approximate surface area is 101 Å². The zero-order chi connectivity index (χ0) is 13.0. The van der Waals surface area contributed by atoms with Crippen LogP contribution in [0.3, 0.4) is 0 Å². The number of rotatable bonds is 5. The van der Waals surface area contributed by atoms with Gasteiger partial charge in [0.15, 0.2) is 0 Å². The monoisotopic (exact) mass is 259 g/mol. The number of nitrogens with zero attached hydrogens (tertiary/aromatic N) is 1. The molecule has 0 aliphatic carbocycles. The Bertz CT molecular complexity index is 441. The van der Waals surface area contributed by atoms with Crippen LogP contribution in [0.5, 0.6) is 0 Å². The molecule has 1 rings (SSSR count). The van der Waals surface area contributed by atoms with Crippen molar-refractivity contribution >= 4 is 29.3 Å². The van der Waals surface area contributed by atoms with Crippen LogP contribution in [0, 0.1) is 0 Å². The van der Waals surface area contributed by atoms with E-state index in [0.717, 1.165) is 4.90 Å². The molecule has 1 aromatic rings. The first-order valence-corrected chi connectivity index (χ1v) is 4.88. The van der Waals surface area contributed by atoms with Crippen LogP contribution in [0.4, 0.5) is 0 Å². The molecule has 7 nitrogen and oxygen atoms in total. The van der Waals surface area contributed by atoms with Gasteiger partial charge in [-0.15, -0.1) is 0 Å². The number of halogens is 1. The molecule has 0 atom stereocenters. The highest BCUT2D eigenvalue weighted by atomic mass is 35.5. The third-order valence-electron chi connectivity index (χ3n) is 1.83. The molecule has 3 amide bonds. The van der Waals surface area contributed by atoms with Crippen molar-refractivity contribution in [1.82, 2.24) is 4.90 Å². The lowest BCUT2D eigenvalue weighted by Gasteiger charge is -2.18. The molecule has 8 heteroatoms. The van der Waals surface area contributed by atoms with Crippen molar-refractivity contribution in [2.75, 3.05) is 13.1 Å². The summed E-state index contributed by atoms with van der Waals surface area (Å²) in [5, 5.41) is -0.131. The molecule has 0 spiro atoms. The van der Waals surface area contributed by atoms with Crippen molar-refractivity contribution in [2.24, 2.45) is 11.5 Å². The number of nitrogens with two attached hydrogens (primary N) is 2. The number of amides is 3. The van der Waals surface area contributed by atoms with Gasteiger partial charge >= 0.3 is 0 Å². The average molecular weight is 260 g/mol. The summed E-state index contributed by atoms with van der Waals surface area (Å²) in [5.74, 6) is -2.18. The molecule has 0 saturated carbocycles. The van der Waals surface area contributed by atoms with Crippen LogP contribution in [-0.2, 0) is 9.59 Å². The van der Waals surface area contributed by atoms with E-state index < -0.39 is 30.8 Å². The minimum atomic E-state index is -0.765. The summed E-state index contributed by atoms with van der Waals surface area (Å²) in [6, 6.07) is 1.32. The van der Waals surface area contributed by atoms with Gasteiger partial charge in [0.2, 0.25) is 17.0 Å². The molecule has 0 aliphatic heterocycles. The van der Waals surface area contributed by atoms with E-state index in [1.807, 2.05) is 0 Å². The quantitative estimate of drug-likeness (QED) is 0.730. The predicted molar refractivity (Wildman–Crippen MR) is 58.0 cm³/mol. The number of furan rings is 1. The number of carbonyl (C=O) groups excluding carboxylic acids is 3. The van der Waals surface area contributed by atoms with Crippen molar-refractivity contribution in [3.8, 4) is 0 Å². The molecule has 0 fully saturated rings. The molecule has 0 saturated heterocycles. The fourth-order valence-corrected chi connectivity index (χ4v) is 1.39. The molecule has 1 heterocycles. The first-order valence-electron chi connectivity index (χ1n) is 4.50. The Morgan fingerprint density at radius 1 is 1.24 bits per heavy atom. The van der Waals surface area contributed by atoms with E-state index in [0.29, 0.717) is 0 Å². The van der Waals surface area contributed by atoms with Crippen molar-refractivity contribution in [3.63, 3.8) is 0 Å². The molecular formula is C9H10ClN3O4. The zero-order valence-corrected chi connectivity index (χ0v) is 9.44. The summed E-state index contributed by atoms with van der Waals surface area (Å²) >= 11 is 5.61. The van der Waals surface area contributed by atoms with Gasteiger partial charge in [-0.05, 0) is 17.7 Å². The van der Waals surface area contributed by atoms with Crippen molar-refractivity contribution in [1.29, 1.82) is 0 Å². The second-order valence-electron chi connectivity index (χ2n) is 3.20. The summed E-state index contributed by atoms with van der Waals surface area (Å²) in [5.41, 5.74) is 9.95. The van der Waals surface area contributed by atoms with Gasteiger partial charge in [0.1, 0.15) is 13.1 Å². The number of primary amides is 2. The van der Waals surface area contributed by atoms with E-state index in [1.54, 1.807) is 0 Å². The summed E-state index contributed by atoms with van der Waals surface area (Å²) < 4.78 is 4.73. The Morgan fingerprint density at radius 2 is 1.76 bits per heavy atom. The Kier molecular flexibility index (Phi) is 4.11. The maximum atomic E-state index is 11.9. The zero-order valence-electron chi connectivity index (χ0n) is 8.68. The number of hydrogen-bond acceptors (Lipinski definition) is 4. The fourth-order valence-electron chi connectivity index (χ4n) is 1.19. The smallest absolute Gasteiger partial charge is 0.259 e. The van der Waals surface area contributed by atoms with Crippen LogP contribution in [0.15, 0.2) is 16.7 Å². The van der Waals surface area contributed by atoms with E-state index >= 15 is 0 Å². The molecular weight excluding hydrogens is 250 g/mol. The minimum absolute atomic E-state index is 0.0363. The highest BCUT2D eigenvalue weighted by Crippen LogP contribution is 2.18. The largest absolute Gasteiger partial charge is 0.452 e. The molecule has 92 valence electrons. The molecule has 0 bridgehead atoms. The predicted octanol–water partition coefficient (Wildman–Crippen LogP) is -0.654. The van der Waals surface area contributed by atoms with Crippen molar-refractivity contribution < 1.29 is 18.8 Å². The Balaban J connectivity index is 2.90. The highest BCUT2D eigenvalue weighted by Gasteiger charge is 2.22. The van der Waals surface area contributed by atoms with Crippen molar-refractivity contribution in [2.45, 2.75) is 0 Å². The molecule has 1 aromatic heterocycles. The van der Waals surface area contributed by atoms with Crippen LogP contribution >= 0.6 is 11.6 Å². The summed E-state index contributed by atoms with van der Waals surface area (Å²) in [4.78, 5) is 34.3. The van der Waals surface area contributed by atoms with Crippen LogP contribution in [-0.4, -0.2) is 35.7 Å². The minimum Gasteiger partial charge on any atom is -0.452 e. The maximum absolute atomic E-state index is 11.9. The van der Waals surface area contributed by atoms with Crippen LogP contribution in [0.1, 0.15) is 10.4 Å². The number of carbonyl (C=O) groups is 3. The van der Waals surface area contributed by atoms with Gasteiger partial charge < -0.3 is 20.8 Å². The van der Waals surface area contributed by atoms with Gasteiger partial charge in [-0.1, -0.05) is 0 Å². The average Bonchev–Trinajstić information content (AvgIpc) is 2.61. The molecule has 0 radical (unpaired) electrons. The van der Waals surface area contributed by atoms with Crippen LogP contribution in [0.25, 0.3) is 0 Å². The van der Waals surface area contributed by atoms with E-state index in [4.69, 9.17) is 27.5 Å². The van der Waals surface area contributed by atoms with E-state index in [2.05, 4.69) is 0 Å². The maximum Gasteiger partial charge on any atom is 0.259 e.